The fourth-order valence-electron chi connectivity index (χ4n) is 2.75. The molecule has 0 bridgehead atoms. The molecule has 10 nitrogen and oxygen atoms in total. The summed E-state index contributed by atoms with van der Waals surface area (Å²) >= 11 is 7.99. The Bertz CT molecular complexity index is 928. The number of nitrogens with one attached hydrogen (secondary N) is 1. The van der Waals surface area contributed by atoms with E-state index in [4.69, 9.17) is 22.2 Å². The highest BCUT2D eigenvalue weighted by Crippen LogP contribution is 2.40. The Morgan fingerprint density at radius 2 is 2.32 bits per heavy atom. The molecule has 0 saturated carbocycles. The van der Waals surface area contributed by atoms with Crippen molar-refractivity contribution in [3.63, 3.8) is 0 Å². The number of β-lactam (4-membered cyclic amide) rings is 1. The standard InChI is InChI=1S/C15H14ClN5O5S2/c1-26-20-8(7-5-28-15(17)18-7)11(22)19-9-12(23)21-10(14(24)25)6(2-3-16)4-27-13(9)21/h2-3,5,9,13H,4H2,1H3,(H2,17,18)(H,19,22)(H,24,25)/t9?,13-/m0/s1. The number of aromatic nitrogens is 1. The molecule has 1 aromatic rings. The summed E-state index contributed by atoms with van der Waals surface area (Å²) in [7, 11) is 1.27. The van der Waals surface area contributed by atoms with Gasteiger partial charge in [0, 0.05) is 16.7 Å². The average molecular weight is 444 g/mol. The van der Waals surface area contributed by atoms with Crippen molar-refractivity contribution in [2.24, 2.45) is 5.16 Å². The normalized spacial score (nSPS) is 22.1. The maximum atomic E-state index is 12.6. The predicted octanol–water partition coefficient (Wildman–Crippen LogP) is 0.567. The number of halogens is 1. The minimum atomic E-state index is -1.24. The zero-order chi connectivity index (χ0) is 20.4. The quantitative estimate of drug-likeness (QED) is 0.328. The molecule has 1 aromatic heterocycles. The first-order chi connectivity index (χ1) is 13.4. The van der Waals surface area contributed by atoms with E-state index < -0.39 is 29.2 Å². The fourth-order valence-corrected chi connectivity index (χ4v) is 4.77. The molecule has 0 radical (unpaired) electrons. The number of carboxylic acids is 1. The van der Waals surface area contributed by atoms with Gasteiger partial charge in [-0.15, -0.1) is 23.1 Å². The number of rotatable bonds is 6. The molecular weight excluding hydrogens is 430 g/mol. The minimum absolute atomic E-state index is 0.137. The molecule has 2 atom stereocenters. The number of nitrogens with two attached hydrogens (primary N) is 1. The molecule has 3 rings (SSSR count). The van der Waals surface area contributed by atoms with E-state index in [9.17, 15) is 19.5 Å². The molecule has 0 aromatic carbocycles. The number of nitrogens with zero attached hydrogens (tertiary/aromatic N) is 3. The highest BCUT2D eigenvalue weighted by Gasteiger charge is 2.54. The smallest absolute Gasteiger partial charge is 0.352 e. The lowest BCUT2D eigenvalue weighted by atomic mass is 10.0. The molecular formula is C15H14ClN5O5S2. The highest BCUT2D eigenvalue weighted by atomic mass is 35.5. The molecule has 0 spiro atoms. The predicted molar refractivity (Wildman–Crippen MR) is 105 cm³/mol. The third-order valence-corrected chi connectivity index (χ3v) is 6.02. The Hall–Kier alpha value is -2.57. The van der Waals surface area contributed by atoms with Crippen LogP contribution in [0, 0.1) is 0 Å². The number of oxime groups is 1. The first kappa shape index (κ1) is 20.2. The molecule has 1 fully saturated rings. The Balaban J connectivity index is 1.80. The number of thioether (sulfide) groups is 1. The molecule has 2 aliphatic heterocycles. The SMILES string of the molecule is CON=C(C(=O)NC1C(=O)N2C(C(=O)O)=C(C=CCl)CS[C@@H]12)c1csc(N)n1. The van der Waals surface area contributed by atoms with Gasteiger partial charge in [0.15, 0.2) is 10.8 Å². The molecule has 28 heavy (non-hydrogen) atoms. The number of carbonyl (C=O) groups is 3. The lowest BCUT2D eigenvalue weighted by Gasteiger charge is -2.49. The lowest BCUT2D eigenvalue weighted by molar-refractivity contribution is -0.150. The van der Waals surface area contributed by atoms with Gasteiger partial charge in [0.25, 0.3) is 11.8 Å². The van der Waals surface area contributed by atoms with Crippen LogP contribution < -0.4 is 11.1 Å². The molecule has 3 heterocycles. The van der Waals surface area contributed by atoms with Crippen LogP contribution in [0.2, 0.25) is 0 Å². The number of nitrogen functional groups attached to an aromatic ring is 1. The second kappa shape index (κ2) is 8.20. The summed E-state index contributed by atoms with van der Waals surface area (Å²) in [6, 6.07) is -0.911. The molecule has 148 valence electrons. The topological polar surface area (TPSA) is 147 Å². The van der Waals surface area contributed by atoms with Gasteiger partial charge in [0.2, 0.25) is 0 Å². The van der Waals surface area contributed by atoms with Crippen LogP contribution in [-0.4, -0.2) is 62.8 Å². The van der Waals surface area contributed by atoms with Gasteiger partial charge < -0.3 is 21.0 Å². The molecule has 1 unspecified atom stereocenters. The van der Waals surface area contributed by atoms with Crippen LogP contribution in [0.1, 0.15) is 5.69 Å². The van der Waals surface area contributed by atoms with E-state index in [0.717, 1.165) is 16.2 Å². The van der Waals surface area contributed by atoms with E-state index in [-0.39, 0.29) is 22.2 Å². The van der Waals surface area contributed by atoms with Crippen LogP contribution in [0.15, 0.2) is 33.4 Å². The van der Waals surface area contributed by atoms with Gasteiger partial charge in [-0.3, -0.25) is 14.5 Å². The Labute approximate surface area is 172 Å². The summed E-state index contributed by atoms with van der Waals surface area (Å²) in [6.07, 6.45) is 1.43. The number of carboxylic acid groups (broad SMARTS) is 1. The van der Waals surface area contributed by atoms with Gasteiger partial charge in [-0.05, 0) is 11.6 Å². The third-order valence-electron chi connectivity index (χ3n) is 3.91. The maximum absolute atomic E-state index is 12.6. The number of anilines is 1. The van der Waals surface area contributed by atoms with Crippen LogP contribution in [0.3, 0.4) is 0 Å². The van der Waals surface area contributed by atoms with E-state index in [1.807, 2.05) is 0 Å². The van der Waals surface area contributed by atoms with Crippen molar-refractivity contribution in [1.29, 1.82) is 0 Å². The van der Waals surface area contributed by atoms with Gasteiger partial charge in [0.1, 0.15) is 29.9 Å². The molecule has 1 saturated heterocycles. The van der Waals surface area contributed by atoms with Gasteiger partial charge in [-0.2, -0.15) is 0 Å². The van der Waals surface area contributed by atoms with E-state index in [1.54, 1.807) is 0 Å². The summed E-state index contributed by atoms with van der Waals surface area (Å²) < 4.78 is 0. The Kier molecular flexibility index (Phi) is 5.91. The summed E-state index contributed by atoms with van der Waals surface area (Å²) in [5, 5.41) is 16.9. The van der Waals surface area contributed by atoms with Crippen molar-refractivity contribution < 1.29 is 24.3 Å². The lowest BCUT2D eigenvalue weighted by Crippen LogP contribution is -2.71. The fraction of sp³-hybridized carbons (Fsp3) is 0.267. The monoisotopic (exact) mass is 443 g/mol. The third kappa shape index (κ3) is 3.57. The number of thiazole rings is 1. The molecule has 13 heteroatoms. The number of hydrogen-bond donors (Lipinski definition) is 3. The van der Waals surface area contributed by atoms with Crippen LogP contribution in [-0.2, 0) is 19.2 Å². The number of aliphatic carboxylic acids is 1. The second-order valence-electron chi connectivity index (χ2n) is 5.53. The zero-order valence-corrected chi connectivity index (χ0v) is 16.7. The van der Waals surface area contributed by atoms with Crippen molar-refractivity contribution in [1.82, 2.24) is 15.2 Å². The van der Waals surface area contributed by atoms with E-state index in [1.165, 1.54) is 35.9 Å². The van der Waals surface area contributed by atoms with Crippen molar-refractivity contribution >= 4 is 63.3 Å². The number of hydrogen-bond acceptors (Lipinski definition) is 9. The van der Waals surface area contributed by atoms with Crippen molar-refractivity contribution in [3.8, 4) is 0 Å². The zero-order valence-electron chi connectivity index (χ0n) is 14.3. The van der Waals surface area contributed by atoms with E-state index in [0.29, 0.717) is 11.3 Å². The van der Waals surface area contributed by atoms with Crippen molar-refractivity contribution in [2.45, 2.75) is 11.4 Å². The van der Waals surface area contributed by atoms with E-state index >= 15 is 0 Å². The van der Waals surface area contributed by atoms with Crippen molar-refractivity contribution in [2.75, 3.05) is 18.6 Å². The van der Waals surface area contributed by atoms with E-state index in [2.05, 4.69) is 15.5 Å². The van der Waals surface area contributed by atoms with Crippen LogP contribution in [0.4, 0.5) is 5.13 Å². The van der Waals surface area contributed by atoms with Gasteiger partial charge >= 0.3 is 5.97 Å². The summed E-state index contributed by atoms with van der Waals surface area (Å²) in [4.78, 5) is 46.6. The van der Waals surface area contributed by atoms with Crippen LogP contribution in [0.25, 0.3) is 0 Å². The minimum Gasteiger partial charge on any atom is -0.477 e. The van der Waals surface area contributed by atoms with Crippen molar-refractivity contribution in [3.05, 3.63) is 34.0 Å². The molecule has 2 amide bonds. The summed E-state index contributed by atoms with van der Waals surface area (Å²) in [5.41, 5.74) is 7.12. The Morgan fingerprint density at radius 3 is 2.89 bits per heavy atom. The first-order valence-corrected chi connectivity index (χ1v) is 10.1. The van der Waals surface area contributed by atoms with Gasteiger partial charge in [-0.25, -0.2) is 9.78 Å². The molecule has 0 aliphatic carbocycles. The average Bonchev–Trinajstić information content (AvgIpc) is 3.09. The Morgan fingerprint density at radius 1 is 1.57 bits per heavy atom. The maximum Gasteiger partial charge on any atom is 0.352 e. The highest BCUT2D eigenvalue weighted by molar-refractivity contribution is 8.00. The largest absolute Gasteiger partial charge is 0.477 e. The number of allylic oxidation sites excluding steroid dienone is 1. The number of fused-ring (bicyclic) bond motifs is 1. The summed E-state index contributed by atoms with van der Waals surface area (Å²) in [6.45, 7) is 0. The second-order valence-corrected chi connectivity index (χ2v) is 7.77. The first-order valence-electron chi connectivity index (χ1n) is 7.70. The van der Waals surface area contributed by atoms with Gasteiger partial charge in [0.05, 0.1) is 0 Å². The van der Waals surface area contributed by atoms with Crippen LogP contribution >= 0.6 is 34.7 Å². The van der Waals surface area contributed by atoms with Gasteiger partial charge in [-0.1, -0.05) is 16.8 Å². The van der Waals surface area contributed by atoms with Crippen LogP contribution in [0.5, 0.6) is 0 Å². The molecule has 2 aliphatic rings. The number of carbonyl (C=O) groups excluding carboxylic acids is 2. The number of amides is 2. The molecule has 4 N–H and O–H groups in total. The summed E-state index contributed by atoms with van der Waals surface area (Å²) in [5.74, 6) is -2.14.